The van der Waals surface area contributed by atoms with Gasteiger partial charge in [0.15, 0.2) is 25.7 Å². The van der Waals surface area contributed by atoms with Gasteiger partial charge in [-0.3, -0.25) is 25.9 Å². The average Bonchev–Trinajstić information content (AvgIpc) is 2.48. The molecule has 26 nitrogen and oxygen atoms in total. The number of rotatable bonds is 14. The summed E-state index contributed by atoms with van der Waals surface area (Å²) < 4.78 is 7.62. The molecule has 34 heteroatoms. The summed E-state index contributed by atoms with van der Waals surface area (Å²) in [4.78, 5) is 107. The fraction of sp³-hybridized carbons (Fsp3) is 0.0909. The van der Waals surface area contributed by atoms with E-state index < -0.39 is 11.9 Å². The number of carboxylic acids is 1. The number of nitrogens with one attached hydrogen (secondary N) is 6. The number of anilines is 5. The van der Waals surface area contributed by atoms with E-state index in [1.165, 1.54) is 63.8 Å². The zero-order chi connectivity index (χ0) is 64.0. The molecule has 0 fully saturated rings. The Morgan fingerprint density at radius 1 is 0.528 bits per heavy atom. The Morgan fingerprint density at radius 2 is 0.910 bits per heavy atom. The van der Waals surface area contributed by atoms with Crippen LogP contribution in [0.15, 0.2) is 150 Å². The highest BCUT2D eigenvalue weighted by molar-refractivity contribution is 9.11. The molecule has 0 radical (unpaired) electrons. The van der Waals surface area contributed by atoms with Crippen molar-refractivity contribution < 1.29 is 33.8 Å². The molecule has 456 valence electrons. The number of carbonyl (C=O) groups is 5. The van der Waals surface area contributed by atoms with Gasteiger partial charge < -0.3 is 37.3 Å². The Balaban J connectivity index is 0.000000167. The van der Waals surface area contributed by atoms with Crippen molar-refractivity contribution in [1.29, 1.82) is 0 Å². The van der Waals surface area contributed by atoms with Crippen LogP contribution in [-0.2, 0) is 4.74 Å². The minimum Gasteiger partial charge on any atom is -0.478 e. The van der Waals surface area contributed by atoms with Gasteiger partial charge in [0.2, 0.25) is 0 Å². The third kappa shape index (κ3) is 20.5. The number of carbonyl (C=O) groups excluding carboxylic acids is 4. The Morgan fingerprint density at radius 3 is 1.34 bits per heavy atom. The number of hydrogen-bond acceptors (Lipinski definition) is 23. The first kappa shape index (κ1) is 67.4. The minimum atomic E-state index is -1.05. The molecule has 0 unspecified atom stereocenters. The molecule has 0 atom stereocenters. The number of halogens is 4. The monoisotopic (exact) mass is 1490 g/mol. The maximum atomic E-state index is 11.9. The minimum absolute atomic E-state index is 0.0946. The van der Waals surface area contributed by atoms with Gasteiger partial charge in [0.1, 0.15) is 41.4 Å². The molecule has 11 rings (SSSR count). The second kappa shape index (κ2) is 33.3. The lowest BCUT2D eigenvalue weighted by molar-refractivity contribution is 0.0525. The smallest absolute Gasteiger partial charge is 0.339 e. The van der Waals surface area contributed by atoms with E-state index in [1.54, 1.807) is 86.7 Å². The number of hydrogen-bond donors (Lipinski definition) is 9. The van der Waals surface area contributed by atoms with Crippen molar-refractivity contribution >= 4 is 202 Å². The number of urea groups is 3. The SMILES string of the molecule is C=CCNC(=O)Nc1nc2cc(-c3cncc(C(=O)O)c3)cnc2s1.C=CCNC(=O)Nc1nc2cc(-c3cncc(C(=O)OCC)c3)cnc2s1.C=CCNC(=O)Nc1nc2cc(Br)cnc2s1.Nc1cc(Br)cnc1Cl.Nc1nc2cc(Br)cnc2s1. The van der Waals surface area contributed by atoms with Gasteiger partial charge >= 0.3 is 30.0 Å². The molecule has 11 aromatic rings. The summed E-state index contributed by atoms with van der Waals surface area (Å²) in [5, 5.41) is 27.1. The Labute approximate surface area is 551 Å². The van der Waals surface area contributed by atoms with E-state index in [-0.39, 0.29) is 23.7 Å². The van der Waals surface area contributed by atoms with E-state index in [0.717, 1.165) is 45.2 Å². The van der Waals surface area contributed by atoms with Crippen molar-refractivity contribution in [1.82, 2.24) is 70.8 Å². The number of aromatic carboxylic acids is 1. The highest BCUT2D eigenvalue weighted by Gasteiger charge is 2.15. The highest BCUT2D eigenvalue weighted by Crippen LogP contribution is 2.31. The number of fused-ring (bicyclic) bond motifs is 4. The molecule has 6 amide bonds. The third-order valence-corrected chi connectivity index (χ3v) is 15.7. The van der Waals surface area contributed by atoms with Crippen LogP contribution in [0.4, 0.5) is 40.6 Å². The van der Waals surface area contributed by atoms with Crippen LogP contribution in [0.5, 0.6) is 0 Å². The third-order valence-electron chi connectivity index (χ3n) is 10.6. The van der Waals surface area contributed by atoms with E-state index in [1.807, 2.05) is 18.2 Å². The molecule has 11 N–H and O–H groups in total. The van der Waals surface area contributed by atoms with Crippen LogP contribution in [-0.4, -0.2) is 116 Å². The van der Waals surface area contributed by atoms with Crippen LogP contribution in [0.1, 0.15) is 27.6 Å². The first-order valence-electron chi connectivity index (χ1n) is 25.3. The fourth-order valence-corrected chi connectivity index (χ4v) is 10.8. The van der Waals surface area contributed by atoms with Crippen molar-refractivity contribution in [3.63, 3.8) is 0 Å². The highest BCUT2D eigenvalue weighted by atomic mass is 79.9. The molecule has 0 bridgehead atoms. The summed E-state index contributed by atoms with van der Waals surface area (Å²) >= 11 is 20.6. The topological polar surface area (TPSA) is 381 Å². The van der Waals surface area contributed by atoms with E-state index in [9.17, 15) is 24.0 Å². The number of ether oxygens (including phenoxy) is 1. The first-order chi connectivity index (χ1) is 42.8. The number of esters is 1. The van der Waals surface area contributed by atoms with Crippen LogP contribution in [0.25, 0.3) is 63.6 Å². The molecule has 0 spiro atoms. The van der Waals surface area contributed by atoms with E-state index in [0.29, 0.717) is 95.0 Å². The van der Waals surface area contributed by atoms with Gasteiger partial charge in [-0.1, -0.05) is 75.2 Å². The molecule has 0 aliphatic rings. The Kier molecular flexibility index (Phi) is 25.2. The number of nitrogens with two attached hydrogens (primary N) is 2. The fourth-order valence-electron chi connectivity index (χ4n) is 6.73. The van der Waals surface area contributed by atoms with Gasteiger partial charge in [-0.15, -0.1) is 19.7 Å². The summed E-state index contributed by atoms with van der Waals surface area (Å²) in [5.74, 6) is -1.47. The Bertz CT molecular complexity index is 4380. The van der Waals surface area contributed by atoms with Gasteiger partial charge in [-0.2, -0.15) is 0 Å². The molecule has 0 aromatic carbocycles. The second-order valence-corrected chi connectivity index (χ2v) is 24.1. The van der Waals surface area contributed by atoms with Crippen molar-refractivity contribution in [2.45, 2.75) is 6.92 Å². The lowest BCUT2D eigenvalue weighted by Crippen LogP contribution is -2.28. The number of nitrogen functional groups attached to an aromatic ring is 2. The van der Waals surface area contributed by atoms with Crippen LogP contribution in [0.3, 0.4) is 0 Å². The first-order valence-corrected chi connectivity index (χ1v) is 31.3. The summed E-state index contributed by atoms with van der Waals surface area (Å²) in [6.45, 7) is 13.8. The molecule has 11 aromatic heterocycles. The maximum absolute atomic E-state index is 11.9. The van der Waals surface area contributed by atoms with Crippen LogP contribution >= 0.6 is 105 Å². The summed E-state index contributed by atoms with van der Waals surface area (Å²) in [6, 6.07) is 11.2. The number of amides is 6. The largest absolute Gasteiger partial charge is 0.478 e. The van der Waals surface area contributed by atoms with Crippen LogP contribution in [0.2, 0.25) is 5.15 Å². The van der Waals surface area contributed by atoms with Gasteiger partial charge in [-0.05, 0) is 97.2 Å². The number of nitrogens with zero attached hydrogens (tertiary/aromatic N) is 11. The number of carboxylic acid groups (broad SMARTS) is 1. The molecule has 0 aliphatic heterocycles. The zero-order valence-corrected chi connectivity index (χ0v) is 54.8. The molecule has 89 heavy (non-hydrogen) atoms. The van der Waals surface area contributed by atoms with E-state index in [2.05, 4.69) is 154 Å². The van der Waals surface area contributed by atoms with Gasteiger partial charge in [0, 0.05) is 111 Å². The van der Waals surface area contributed by atoms with Gasteiger partial charge in [-0.25, -0.2) is 68.8 Å². The number of pyridine rings is 7. The average molecular weight is 1490 g/mol. The zero-order valence-electron chi connectivity index (χ0n) is 46.0. The van der Waals surface area contributed by atoms with Crippen molar-refractivity contribution in [2.75, 3.05) is 53.7 Å². The summed E-state index contributed by atoms with van der Waals surface area (Å²) in [7, 11) is 0. The van der Waals surface area contributed by atoms with Crippen LogP contribution < -0.4 is 43.4 Å². The molecular weight excluding hydrogens is 1440 g/mol. The van der Waals surface area contributed by atoms with Crippen LogP contribution in [0, 0.1) is 0 Å². The predicted octanol–water partition coefficient (Wildman–Crippen LogP) is 12.9. The normalized spacial score (nSPS) is 10.3. The Hall–Kier alpha value is -9.09. The maximum Gasteiger partial charge on any atom is 0.339 e. The summed E-state index contributed by atoms with van der Waals surface area (Å²) in [6.07, 6.45) is 19.0. The van der Waals surface area contributed by atoms with Crippen molar-refractivity contribution in [2.24, 2.45) is 0 Å². The van der Waals surface area contributed by atoms with Crippen molar-refractivity contribution in [3.05, 3.63) is 166 Å². The predicted molar refractivity (Wildman–Crippen MR) is 362 cm³/mol. The lowest BCUT2D eigenvalue weighted by Gasteiger charge is -2.04. The molecule has 11 heterocycles. The molecule has 0 aliphatic carbocycles. The lowest BCUT2D eigenvalue weighted by atomic mass is 10.1. The number of aromatic nitrogens is 11. The second-order valence-electron chi connectivity index (χ2n) is 17.0. The summed E-state index contributed by atoms with van der Waals surface area (Å²) in [5.41, 5.74) is 17.5. The molecule has 0 saturated carbocycles. The quantitative estimate of drug-likeness (QED) is 0.0277. The van der Waals surface area contributed by atoms with Crippen molar-refractivity contribution in [3.8, 4) is 22.3 Å². The van der Waals surface area contributed by atoms with Gasteiger partial charge in [0.25, 0.3) is 0 Å². The number of thiazole rings is 4. The van der Waals surface area contributed by atoms with E-state index >= 15 is 0 Å². The van der Waals surface area contributed by atoms with E-state index in [4.69, 9.17) is 32.9 Å². The molecule has 0 saturated heterocycles. The standard InChI is InChI=1S/C18H17N5O3S.C16H13N5O3S.C10H9BrN4OS.C6H4BrN3S.C5H4BrClN2/c1-3-5-20-17(25)23-18-22-14-7-12(10-21-15(14)27-18)11-6-13(9-19-8-11)16(24)26-4-2;1-2-3-18-15(24)21-16-20-12-5-10(8-19-13(12)25-16)9-4-11(14(22)23)7-17-6-9;1-2-3-12-9(16)15-10-14-7-4-6(11)5-13-8(7)17-10;7-3-1-4-5(9-2-3)11-6(8)10-4;6-3-1-4(8)5(7)9-2-3/h3,6-10H,1,4-5H2,2H3,(H2,20,22,23,25);2,4-8H,1,3H2,(H,22,23)(H2,18,20,21,24);2,4-5H,1,3H2,(H2,12,14,15,16);1-2H,(H2,8,10);1-2H,8H2. The molecular formula is C55H47Br3ClN19O7S4. The van der Waals surface area contributed by atoms with Gasteiger partial charge in [0.05, 0.1) is 23.4 Å².